The van der Waals surface area contributed by atoms with Gasteiger partial charge in [0.05, 0.1) is 16.7 Å². The van der Waals surface area contributed by atoms with Gasteiger partial charge in [-0.3, -0.25) is 4.79 Å². The van der Waals surface area contributed by atoms with Gasteiger partial charge in [-0.1, -0.05) is 0 Å². The lowest BCUT2D eigenvalue weighted by atomic mass is 9.88. The minimum atomic E-state index is -7.00. The van der Waals surface area contributed by atoms with E-state index in [4.69, 9.17) is 0 Å². The lowest BCUT2D eigenvalue weighted by molar-refractivity contribution is -0.255. The van der Waals surface area contributed by atoms with Crippen LogP contribution in [0.1, 0.15) is 21.5 Å². The zero-order valence-electron chi connectivity index (χ0n) is 15.0. The molecule has 0 aliphatic carbocycles. The van der Waals surface area contributed by atoms with Gasteiger partial charge in [0.1, 0.15) is 0 Å². The average molecular weight is 524 g/mol. The third kappa shape index (κ3) is 3.85. The van der Waals surface area contributed by atoms with E-state index >= 15 is 0 Å². The maximum absolute atomic E-state index is 14.3. The van der Waals surface area contributed by atoms with Gasteiger partial charge in [0.15, 0.2) is 46.5 Å². The van der Waals surface area contributed by atoms with E-state index in [1.54, 1.807) is 0 Å². The molecule has 0 amide bonds. The van der Waals surface area contributed by atoms with Gasteiger partial charge in [0.2, 0.25) is 11.6 Å². The first kappa shape index (κ1) is 27.0. The molecule has 2 aromatic rings. The van der Waals surface area contributed by atoms with E-state index in [1.807, 2.05) is 0 Å². The summed E-state index contributed by atoms with van der Waals surface area (Å²) in [7, 11) is 0. The van der Waals surface area contributed by atoms with Crippen molar-refractivity contribution in [2.24, 2.45) is 0 Å². The van der Waals surface area contributed by atoms with Crippen molar-refractivity contribution in [1.29, 1.82) is 0 Å². The normalized spacial score (nSPS) is 12.2. The molecule has 0 saturated heterocycles. The predicted molar refractivity (Wildman–Crippen MR) is 76.1 cm³/mol. The Labute approximate surface area is 174 Å². The van der Waals surface area contributed by atoms with Gasteiger partial charge in [-0.05, 0) is 0 Å². The Morgan fingerprint density at radius 3 is 1.09 bits per heavy atom. The van der Waals surface area contributed by atoms with Crippen molar-refractivity contribution >= 4 is 11.4 Å². The SMILES string of the molecule is O=C(c1c(F)c(F)c(F)c(F)c1C(=C(F)F)c1c(F)c(F)c(F)c(F)c1F)C(F)(F)C(F)(F)F. The zero-order chi connectivity index (χ0) is 26.7. The molecule has 0 unspecified atom stereocenters. The molecule has 0 aliphatic heterocycles. The number of Topliss-reactive ketones (excluding diaryl/α,β-unsaturated/α-hetero) is 1. The summed E-state index contributed by atoms with van der Waals surface area (Å²) in [6, 6.07) is 0. The Hall–Kier alpha value is -3.27. The first-order valence-corrected chi connectivity index (χ1v) is 7.73. The Morgan fingerprint density at radius 1 is 0.471 bits per heavy atom. The molecule has 0 saturated carbocycles. The van der Waals surface area contributed by atoms with E-state index in [1.165, 1.54) is 0 Å². The fourth-order valence-corrected chi connectivity index (χ4v) is 2.50. The topological polar surface area (TPSA) is 17.1 Å². The molecule has 17 heteroatoms. The number of hydrogen-bond acceptors (Lipinski definition) is 1. The predicted octanol–water partition coefficient (Wildman–Crippen LogP) is 6.97. The second-order valence-electron chi connectivity index (χ2n) is 5.99. The number of ketones is 1. The van der Waals surface area contributed by atoms with Crippen LogP contribution in [0.2, 0.25) is 0 Å². The highest BCUT2D eigenvalue weighted by Crippen LogP contribution is 2.44. The van der Waals surface area contributed by atoms with Crippen LogP contribution in [0.15, 0.2) is 6.08 Å². The van der Waals surface area contributed by atoms with Crippen LogP contribution in [0.5, 0.6) is 0 Å². The Kier molecular flexibility index (Phi) is 6.74. The molecule has 0 radical (unpaired) electrons. The molecule has 34 heavy (non-hydrogen) atoms. The molecule has 0 aromatic heterocycles. The van der Waals surface area contributed by atoms with Gasteiger partial charge in [0, 0.05) is 5.56 Å². The van der Waals surface area contributed by atoms with Gasteiger partial charge in [-0.25, -0.2) is 39.5 Å². The van der Waals surface area contributed by atoms with Crippen LogP contribution in [-0.2, 0) is 0 Å². The minimum Gasteiger partial charge on any atom is -0.287 e. The zero-order valence-corrected chi connectivity index (χ0v) is 15.0. The van der Waals surface area contributed by atoms with Crippen LogP contribution >= 0.6 is 0 Å². The van der Waals surface area contributed by atoms with Crippen molar-refractivity contribution in [2.75, 3.05) is 0 Å². The summed E-state index contributed by atoms with van der Waals surface area (Å²) in [6.07, 6.45) is -10.9. The standard InChI is InChI=1S/C17F16O/c18-5-1(2(15(27)28)3-6(19)10(23)13(26)11(24)7(3)20)4(8(21)12(25)9(5)22)14(34)16(29,30)17(31,32)33. The van der Waals surface area contributed by atoms with Gasteiger partial charge < -0.3 is 0 Å². The number of carbonyl (C=O) groups excluding carboxylic acids is 1. The van der Waals surface area contributed by atoms with Crippen molar-refractivity contribution in [2.45, 2.75) is 12.1 Å². The third-order valence-corrected chi connectivity index (χ3v) is 4.03. The van der Waals surface area contributed by atoms with Crippen molar-refractivity contribution in [1.82, 2.24) is 0 Å². The van der Waals surface area contributed by atoms with E-state index in [-0.39, 0.29) is 0 Å². The highest BCUT2D eigenvalue weighted by molar-refractivity contribution is 6.07. The van der Waals surface area contributed by atoms with Crippen LogP contribution < -0.4 is 0 Å². The molecule has 186 valence electrons. The summed E-state index contributed by atoms with van der Waals surface area (Å²) < 4.78 is 215. The summed E-state index contributed by atoms with van der Waals surface area (Å²) in [6.45, 7) is 0. The summed E-state index contributed by atoms with van der Waals surface area (Å²) in [5.41, 5.74) is -12.8. The van der Waals surface area contributed by atoms with Crippen molar-refractivity contribution in [3.05, 3.63) is 75.1 Å². The first-order chi connectivity index (χ1) is 15.3. The van der Waals surface area contributed by atoms with Gasteiger partial charge in [-0.15, -0.1) is 0 Å². The second-order valence-corrected chi connectivity index (χ2v) is 5.99. The Morgan fingerprint density at radius 2 is 0.765 bits per heavy atom. The minimum absolute atomic E-state index is 3.00. The van der Waals surface area contributed by atoms with Crippen LogP contribution in [0.4, 0.5) is 70.2 Å². The first-order valence-electron chi connectivity index (χ1n) is 7.73. The molecule has 0 spiro atoms. The van der Waals surface area contributed by atoms with Crippen molar-refractivity contribution in [3.8, 4) is 0 Å². The van der Waals surface area contributed by atoms with Crippen molar-refractivity contribution < 1.29 is 75.0 Å². The monoisotopic (exact) mass is 524 g/mol. The third-order valence-electron chi connectivity index (χ3n) is 4.03. The van der Waals surface area contributed by atoms with Crippen LogP contribution in [0.3, 0.4) is 0 Å². The number of carbonyl (C=O) groups is 1. The van der Waals surface area contributed by atoms with E-state index in [0.29, 0.717) is 0 Å². The molecule has 0 bridgehead atoms. The maximum atomic E-state index is 14.3. The van der Waals surface area contributed by atoms with E-state index in [9.17, 15) is 75.0 Å². The largest absolute Gasteiger partial charge is 0.461 e. The quantitative estimate of drug-likeness (QED) is 0.183. The van der Waals surface area contributed by atoms with Crippen molar-refractivity contribution in [3.63, 3.8) is 0 Å². The lowest BCUT2D eigenvalue weighted by Crippen LogP contribution is -2.45. The Bertz CT molecular complexity index is 1210. The van der Waals surface area contributed by atoms with E-state index < -0.39 is 98.6 Å². The average Bonchev–Trinajstić information content (AvgIpc) is 2.73. The molecule has 1 nitrogen and oxygen atoms in total. The fraction of sp³-hybridized carbons (Fsp3) is 0.118. The molecular formula is C17F16O. The summed E-state index contributed by atoms with van der Waals surface area (Å²) in [5, 5.41) is 0. The van der Waals surface area contributed by atoms with E-state index in [0.717, 1.165) is 0 Å². The molecule has 0 fully saturated rings. The highest BCUT2D eigenvalue weighted by atomic mass is 19.4. The maximum Gasteiger partial charge on any atom is 0.461 e. The Balaban J connectivity index is 3.20. The number of halogens is 16. The molecule has 0 N–H and O–H groups in total. The van der Waals surface area contributed by atoms with Gasteiger partial charge in [0.25, 0.3) is 6.08 Å². The molecule has 0 heterocycles. The highest BCUT2D eigenvalue weighted by Gasteiger charge is 2.64. The summed E-state index contributed by atoms with van der Waals surface area (Å²) in [5.74, 6) is -40.2. The number of rotatable bonds is 4. The lowest BCUT2D eigenvalue weighted by Gasteiger charge is -2.22. The molecule has 2 rings (SSSR count). The van der Waals surface area contributed by atoms with Gasteiger partial charge >= 0.3 is 12.1 Å². The second kappa shape index (κ2) is 8.50. The summed E-state index contributed by atoms with van der Waals surface area (Å²) >= 11 is 0. The van der Waals surface area contributed by atoms with Crippen LogP contribution in [0, 0.1) is 52.4 Å². The van der Waals surface area contributed by atoms with Crippen LogP contribution in [0.25, 0.3) is 5.57 Å². The molecule has 0 aliphatic rings. The number of alkyl halides is 5. The smallest absolute Gasteiger partial charge is 0.287 e. The fourth-order valence-electron chi connectivity index (χ4n) is 2.50. The van der Waals surface area contributed by atoms with Gasteiger partial charge in [-0.2, -0.15) is 30.7 Å². The summed E-state index contributed by atoms with van der Waals surface area (Å²) in [4.78, 5) is 11.7. The number of benzene rings is 2. The van der Waals surface area contributed by atoms with E-state index in [2.05, 4.69) is 0 Å². The number of hydrogen-bond donors (Lipinski definition) is 0. The molecular weight excluding hydrogens is 524 g/mol. The molecule has 0 atom stereocenters. The van der Waals surface area contributed by atoms with Crippen LogP contribution in [-0.4, -0.2) is 17.9 Å². The molecule has 2 aromatic carbocycles.